The molecule has 1 fully saturated rings. The Kier molecular flexibility index (Phi) is 6.90. The maximum Gasteiger partial charge on any atom is 0.291 e. The van der Waals surface area contributed by atoms with Crippen molar-refractivity contribution in [2.24, 2.45) is 0 Å². The van der Waals surface area contributed by atoms with Gasteiger partial charge < -0.3 is 14.8 Å². The first-order valence-corrected chi connectivity index (χ1v) is 12.3. The van der Waals surface area contributed by atoms with E-state index in [2.05, 4.69) is 15.3 Å². The van der Waals surface area contributed by atoms with Gasteiger partial charge in [-0.2, -0.15) is 5.10 Å². The molecular weight excluding hydrogens is 445 g/mol. The summed E-state index contributed by atoms with van der Waals surface area (Å²) in [4.78, 5) is 28.5. The number of benzene rings is 2. The van der Waals surface area contributed by atoms with Gasteiger partial charge in [0, 0.05) is 35.9 Å². The van der Waals surface area contributed by atoms with Gasteiger partial charge in [0.05, 0.1) is 6.20 Å². The summed E-state index contributed by atoms with van der Waals surface area (Å²) in [6.45, 7) is 3.80. The molecular formula is C27H30FN5O2. The average molecular weight is 476 g/mol. The number of nitrogens with one attached hydrogen (secondary N) is 1. The molecule has 0 unspecified atom stereocenters. The second kappa shape index (κ2) is 10.4. The van der Waals surface area contributed by atoms with E-state index in [-0.39, 0.29) is 23.8 Å². The second-order valence-electron chi connectivity index (χ2n) is 9.21. The van der Waals surface area contributed by atoms with Crippen LogP contribution in [0, 0.1) is 5.82 Å². The van der Waals surface area contributed by atoms with Crippen molar-refractivity contribution in [3.63, 3.8) is 0 Å². The van der Waals surface area contributed by atoms with Crippen molar-refractivity contribution < 1.29 is 9.18 Å². The summed E-state index contributed by atoms with van der Waals surface area (Å²) in [5, 5.41) is 8.91. The molecule has 0 radical (unpaired) electrons. The number of fused-ring (bicyclic) bond motifs is 3. The monoisotopic (exact) mass is 475 g/mol. The molecule has 2 aromatic carbocycles. The van der Waals surface area contributed by atoms with E-state index in [9.17, 15) is 14.0 Å². The van der Waals surface area contributed by atoms with E-state index >= 15 is 0 Å². The van der Waals surface area contributed by atoms with Crippen LogP contribution in [0.4, 0.5) is 4.39 Å². The third-order valence-electron chi connectivity index (χ3n) is 6.77. The maximum atomic E-state index is 13.5. The zero-order valence-corrected chi connectivity index (χ0v) is 19.8. The Hall–Kier alpha value is -3.52. The van der Waals surface area contributed by atoms with Crippen molar-refractivity contribution in [3.05, 3.63) is 76.5 Å². The molecule has 1 N–H and O–H groups in total. The van der Waals surface area contributed by atoms with Crippen LogP contribution in [0.25, 0.3) is 21.8 Å². The zero-order valence-electron chi connectivity index (χ0n) is 19.8. The first-order valence-electron chi connectivity index (χ1n) is 12.3. The maximum absolute atomic E-state index is 13.5. The SMILES string of the molecule is O=C(Cn1ncc2c3ccccc3n(Cc3ccc(F)cc3)c2c1=O)NCCN1CCCCCC1. The van der Waals surface area contributed by atoms with Gasteiger partial charge in [-0.3, -0.25) is 9.59 Å². The molecule has 0 atom stereocenters. The number of carbonyl (C=O) groups excluding carboxylic acids is 1. The fourth-order valence-electron chi connectivity index (χ4n) is 4.95. The van der Waals surface area contributed by atoms with Crippen LogP contribution in [0.2, 0.25) is 0 Å². The summed E-state index contributed by atoms with van der Waals surface area (Å²) in [5.41, 5.74) is 1.94. The molecule has 8 heteroatoms. The van der Waals surface area contributed by atoms with Gasteiger partial charge >= 0.3 is 0 Å². The van der Waals surface area contributed by atoms with Crippen LogP contribution < -0.4 is 10.9 Å². The van der Waals surface area contributed by atoms with Gasteiger partial charge in [-0.25, -0.2) is 9.07 Å². The number of para-hydroxylation sites is 1. The first-order chi connectivity index (χ1) is 17.1. The summed E-state index contributed by atoms with van der Waals surface area (Å²) in [6, 6.07) is 14.0. The fraction of sp³-hybridized carbons (Fsp3) is 0.370. The minimum Gasteiger partial charge on any atom is -0.353 e. The Balaban J connectivity index is 1.38. The molecule has 1 aliphatic rings. The van der Waals surface area contributed by atoms with E-state index in [0.717, 1.165) is 41.5 Å². The van der Waals surface area contributed by atoms with E-state index in [4.69, 9.17) is 0 Å². The minimum atomic E-state index is -0.316. The standard InChI is InChI=1S/C27H30FN5O2/c28-21-11-9-20(10-12-21)18-32-24-8-4-3-7-22(24)23-17-30-33(27(35)26(23)32)19-25(34)29-13-16-31-14-5-1-2-6-15-31/h3-4,7-12,17H,1-2,5-6,13-16,18-19H2,(H,29,34). The molecule has 0 saturated carbocycles. The molecule has 7 nitrogen and oxygen atoms in total. The van der Waals surface area contributed by atoms with Gasteiger partial charge in [0.25, 0.3) is 5.56 Å². The van der Waals surface area contributed by atoms with Gasteiger partial charge in [0.1, 0.15) is 17.9 Å². The number of nitrogens with zero attached hydrogens (tertiary/aromatic N) is 4. The highest BCUT2D eigenvalue weighted by atomic mass is 19.1. The largest absolute Gasteiger partial charge is 0.353 e. The number of rotatable bonds is 7. The van der Waals surface area contributed by atoms with E-state index in [1.165, 1.54) is 42.5 Å². The van der Waals surface area contributed by atoms with Crippen molar-refractivity contribution in [3.8, 4) is 0 Å². The third kappa shape index (κ3) is 5.12. The Bertz CT molecular complexity index is 1380. The summed E-state index contributed by atoms with van der Waals surface area (Å²) < 4.78 is 16.6. The van der Waals surface area contributed by atoms with Crippen LogP contribution in [-0.2, 0) is 17.9 Å². The lowest BCUT2D eigenvalue weighted by Crippen LogP contribution is -2.38. The predicted molar refractivity (Wildman–Crippen MR) is 135 cm³/mol. The topological polar surface area (TPSA) is 72.2 Å². The molecule has 182 valence electrons. The van der Waals surface area contributed by atoms with Gasteiger partial charge in [0.15, 0.2) is 0 Å². The van der Waals surface area contributed by atoms with E-state index in [0.29, 0.717) is 18.6 Å². The minimum absolute atomic E-state index is 0.132. The molecule has 0 bridgehead atoms. The van der Waals surface area contributed by atoms with E-state index < -0.39 is 0 Å². The molecule has 1 saturated heterocycles. The normalized spacial score (nSPS) is 14.9. The van der Waals surface area contributed by atoms with Crippen molar-refractivity contribution in [2.45, 2.75) is 38.8 Å². The Morgan fingerprint density at radius 1 is 0.971 bits per heavy atom. The number of likely N-dealkylation sites (tertiary alicyclic amines) is 1. The Morgan fingerprint density at radius 2 is 1.71 bits per heavy atom. The number of hydrogen-bond donors (Lipinski definition) is 1. The molecule has 1 amide bonds. The van der Waals surface area contributed by atoms with Crippen LogP contribution in [-0.4, -0.2) is 51.3 Å². The Morgan fingerprint density at radius 3 is 2.49 bits per heavy atom. The Labute approximate surface area is 203 Å². The van der Waals surface area contributed by atoms with Crippen LogP contribution in [0.5, 0.6) is 0 Å². The summed E-state index contributed by atoms with van der Waals surface area (Å²) >= 11 is 0. The van der Waals surface area contributed by atoms with Crippen LogP contribution in [0.3, 0.4) is 0 Å². The lowest BCUT2D eigenvalue weighted by molar-refractivity contribution is -0.121. The molecule has 4 aromatic rings. The molecule has 3 heterocycles. The number of amides is 1. The fourth-order valence-corrected chi connectivity index (χ4v) is 4.95. The lowest BCUT2D eigenvalue weighted by Gasteiger charge is -2.19. The van der Waals surface area contributed by atoms with Crippen molar-refractivity contribution in [1.82, 2.24) is 24.6 Å². The van der Waals surface area contributed by atoms with E-state index in [1.807, 2.05) is 28.8 Å². The van der Waals surface area contributed by atoms with Crippen LogP contribution in [0.15, 0.2) is 59.5 Å². The molecule has 5 rings (SSSR count). The molecule has 0 spiro atoms. The van der Waals surface area contributed by atoms with Crippen molar-refractivity contribution in [2.75, 3.05) is 26.2 Å². The quantitative estimate of drug-likeness (QED) is 0.444. The molecule has 1 aliphatic heterocycles. The number of halogens is 1. The zero-order chi connectivity index (χ0) is 24.2. The van der Waals surface area contributed by atoms with Crippen LogP contribution in [0.1, 0.15) is 31.2 Å². The summed E-state index contributed by atoms with van der Waals surface area (Å²) in [5.74, 6) is -0.528. The highest BCUT2D eigenvalue weighted by molar-refractivity contribution is 6.07. The molecule has 35 heavy (non-hydrogen) atoms. The number of carbonyl (C=O) groups is 1. The molecule has 2 aromatic heterocycles. The van der Waals surface area contributed by atoms with E-state index in [1.54, 1.807) is 18.3 Å². The second-order valence-corrected chi connectivity index (χ2v) is 9.21. The summed E-state index contributed by atoms with van der Waals surface area (Å²) in [7, 11) is 0. The van der Waals surface area contributed by atoms with Gasteiger partial charge in [-0.15, -0.1) is 0 Å². The molecule has 0 aliphatic carbocycles. The smallest absolute Gasteiger partial charge is 0.291 e. The predicted octanol–water partition coefficient (Wildman–Crippen LogP) is 3.53. The van der Waals surface area contributed by atoms with Crippen molar-refractivity contribution in [1.29, 1.82) is 0 Å². The first kappa shape index (κ1) is 23.2. The number of aromatic nitrogens is 3. The van der Waals surface area contributed by atoms with Gasteiger partial charge in [-0.1, -0.05) is 43.2 Å². The highest BCUT2D eigenvalue weighted by Gasteiger charge is 2.17. The number of hydrogen-bond acceptors (Lipinski definition) is 4. The lowest BCUT2D eigenvalue weighted by atomic mass is 10.2. The highest BCUT2D eigenvalue weighted by Crippen LogP contribution is 2.27. The average Bonchev–Trinajstić information content (AvgIpc) is 2.99. The van der Waals surface area contributed by atoms with Crippen LogP contribution >= 0.6 is 0 Å². The summed E-state index contributed by atoms with van der Waals surface area (Å²) in [6.07, 6.45) is 6.62. The van der Waals surface area contributed by atoms with Gasteiger partial charge in [0.2, 0.25) is 5.91 Å². The third-order valence-corrected chi connectivity index (χ3v) is 6.77. The van der Waals surface area contributed by atoms with Crippen molar-refractivity contribution >= 4 is 27.7 Å². The van der Waals surface area contributed by atoms with Gasteiger partial charge in [-0.05, 0) is 49.7 Å².